The van der Waals surface area contributed by atoms with Crippen molar-refractivity contribution in [3.05, 3.63) is 70.7 Å². The number of imidazole rings is 1. The second-order valence-corrected chi connectivity index (χ2v) is 9.87. The van der Waals surface area contributed by atoms with Crippen LogP contribution in [-0.2, 0) is 9.84 Å². The lowest BCUT2D eigenvalue weighted by atomic mass is 10.1. The third-order valence-electron chi connectivity index (χ3n) is 5.23. The summed E-state index contributed by atoms with van der Waals surface area (Å²) in [7, 11) is -2.01. The fourth-order valence-electron chi connectivity index (χ4n) is 3.81. The molecule has 0 saturated carbocycles. The Hall–Kier alpha value is -3.73. The third kappa shape index (κ3) is 4.65. The number of nitrogens with zero attached hydrogens (tertiary/aromatic N) is 3. The first kappa shape index (κ1) is 23.4. The molecule has 0 aliphatic heterocycles. The van der Waals surface area contributed by atoms with E-state index in [1.54, 1.807) is 24.3 Å². The van der Waals surface area contributed by atoms with E-state index in [9.17, 15) is 17.6 Å². The van der Waals surface area contributed by atoms with Gasteiger partial charge in [0.1, 0.15) is 21.3 Å². The Kier molecular flexibility index (Phi) is 6.38. The largest absolute Gasteiger partial charge is 0.493 e. The first-order valence-corrected chi connectivity index (χ1v) is 12.5. The van der Waals surface area contributed by atoms with Crippen molar-refractivity contribution in [3.63, 3.8) is 0 Å². The topological polar surface area (TPSA) is 116 Å². The van der Waals surface area contributed by atoms with Gasteiger partial charge in [0.25, 0.3) is 0 Å². The normalized spacial score (nSPS) is 12.6. The number of rotatable bonds is 8. The van der Waals surface area contributed by atoms with Crippen molar-refractivity contribution in [3.8, 4) is 22.8 Å². The maximum atomic E-state index is 14.2. The van der Waals surface area contributed by atoms with Crippen molar-refractivity contribution < 1.29 is 22.3 Å². The minimum atomic E-state index is -3.51. The number of sulfone groups is 1. The lowest BCUT2D eigenvalue weighted by Gasteiger charge is -2.20. The van der Waals surface area contributed by atoms with Crippen LogP contribution in [-0.4, -0.2) is 53.7 Å². The van der Waals surface area contributed by atoms with Crippen LogP contribution in [0, 0.1) is 5.82 Å². The number of pyridine rings is 2. The Morgan fingerprint density at radius 2 is 1.97 bits per heavy atom. The minimum absolute atomic E-state index is 0.0923. The number of hydrogen-bond acceptors (Lipinski definition) is 7. The quantitative estimate of drug-likeness (QED) is 0.407. The minimum Gasteiger partial charge on any atom is -0.493 e. The van der Waals surface area contributed by atoms with E-state index in [4.69, 9.17) is 9.47 Å². The van der Waals surface area contributed by atoms with E-state index in [-0.39, 0.29) is 17.1 Å². The number of benzene rings is 1. The Balaban J connectivity index is 1.89. The number of nitrogens with one attached hydrogen (secondary N) is 1. The Labute approximate surface area is 195 Å². The Bertz CT molecular complexity index is 1510. The Morgan fingerprint density at radius 3 is 2.65 bits per heavy atom. The van der Waals surface area contributed by atoms with Gasteiger partial charge in [-0.25, -0.2) is 22.6 Å². The van der Waals surface area contributed by atoms with E-state index in [0.717, 1.165) is 6.26 Å². The second kappa shape index (κ2) is 9.26. The van der Waals surface area contributed by atoms with Gasteiger partial charge in [-0.05, 0) is 42.8 Å². The maximum Gasteiger partial charge on any atom is 0.328 e. The summed E-state index contributed by atoms with van der Waals surface area (Å²) in [6.07, 6.45) is 3.95. The molecule has 11 heteroatoms. The number of aromatic nitrogens is 4. The first-order valence-electron chi connectivity index (χ1n) is 10.4. The molecule has 9 nitrogen and oxygen atoms in total. The standard InChI is InChI=1S/C23H23FN4O5S/c1-4-33-20-11-14(7-8-19(20)32-2)18(13-34(3,30)31)28-22-17(27-23(28)29)10-15(12-26-22)21-16(24)6-5-9-25-21/h5-12,18H,4,13H2,1-3H3,(H,27,29)/t18-/m0/s1. The van der Waals surface area contributed by atoms with Gasteiger partial charge in [-0.3, -0.25) is 9.55 Å². The van der Waals surface area contributed by atoms with Crippen LogP contribution < -0.4 is 15.2 Å². The molecule has 0 fully saturated rings. The molecular weight excluding hydrogens is 463 g/mol. The van der Waals surface area contributed by atoms with Crippen molar-refractivity contribution in [2.75, 3.05) is 25.7 Å². The molecule has 3 aromatic heterocycles. The zero-order valence-electron chi connectivity index (χ0n) is 18.8. The Morgan fingerprint density at radius 1 is 1.18 bits per heavy atom. The SMILES string of the molecule is CCOc1cc([C@H](CS(C)(=O)=O)n2c(=O)[nH]c3cc(-c4ncccc4F)cnc32)ccc1OC. The summed E-state index contributed by atoms with van der Waals surface area (Å²) in [5.41, 5.74) is 0.997. The zero-order valence-corrected chi connectivity index (χ0v) is 19.6. The van der Waals surface area contributed by atoms with Gasteiger partial charge in [-0.2, -0.15) is 0 Å². The van der Waals surface area contributed by atoms with Gasteiger partial charge in [-0.15, -0.1) is 0 Å². The van der Waals surface area contributed by atoms with Crippen molar-refractivity contribution in [1.29, 1.82) is 0 Å². The average molecular weight is 487 g/mol. The lowest BCUT2D eigenvalue weighted by molar-refractivity contribution is 0.310. The van der Waals surface area contributed by atoms with E-state index in [2.05, 4.69) is 15.0 Å². The average Bonchev–Trinajstić information content (AvgIpc) is 3.12. The monoisotopic (exact) mass is 486 g/mol. The maximum absolute atomic E-state index is 14.2. The first-order chi connectivity index (χ1) is 16.2. The molecule has 4 aromatic rings. The number of methoxy groups -OCH3 is 1. The molecule has 1 aromatic carbocycles. The van der Waals surface area contributed by atoms with Gasteiger partial charge in [0.15, 0.2) is 17.1 Å². The summed E-state index contributed by atoms with van der Waals surface area (Å²) in [6.45, 7) is 2.19. The van der Waals surface area contributed by atoms with E-state index >= 15 is 0 Å². The van der Waals surface area contributed by atoms with Crippen LogP contribution in [0.4, 0.5) is 4.39 Å². The van der Waals surface area contributed by atoms with Crippen molar-refractivity contribution in [2.24, 2.45) is 0 Å². The van der Waals surface area contributed by atoms with Crippen LogP contribution in [0.1, 0.15) is 18.5 Å². The van der Waals surface area contributed by atoms with Gasteiger partial charge in [-0.1, -0.05) is 6.07 Å². The van der Waals surface area contributed by atoms with Crippen LogP contribution in [0.3, 0.4) is 0 Å². The summed E-state index contributed by atoms with van der Waals surface area (Å²) in [5.74, 6) is 0.0303. The summed E-state index contributed by atoms with van der Waals surface area (Å²) in [6, 6.07) is 8.41. The molecule has 1 atom stereocenters. The third-order valence-corrected chi connectivity index (χ3v) is 6.15. The molecule has 0 aliphatic rings. The van der Waals surface area contributed by atoms with E-state index < -0.39 is 27.4 Å². The van der Waals surface area contributed by atoms with Gasteiger partial charge in [0, 0.05) is 24.2 Å². The second-order valence-electron chi connectivity index (χ2n) is 7.68. The van der Waals surface area contributed by atoms with Crippen LogP contribution in [0.2, 0.25) is 0 Å². The fourth-order valence-corrected chi connectivity index (χ4v) is 4.72. The number of hydrogen-bond donors (Lipinski definition) is 1. The molecule has 34 heavy (non-hydrogen) atoms. The van der Waals surface area contributed by atoms with Gasteiger partial charge < -0.3 is 14.5 Å². The summed E-state index contributed by atoms with van der Waals surface area (Å²) in [4.78, 5) is 24.1. The van der Waals surface area contributed by atoms with E-state index in [0.29, 0.717) is 34.7 Å². The smallest absolute Gasteiger partial charge is 0.328 e. The van der Waals surface area contributed by atoms with Crippen LogP contribution in [0.15, 0.2) is 53.6 Å². The number of halogens is 1. The molecule has 0 radical (unpaired) electrons. The highest BCUT2D eigenvalue weighted by Gasteiger charge is 2.26. The molecule has 0 bridgehead atoms. The van der Waals surface area contributed by atoms with Crippen molar-refractivity contribution in [1.82, 2.24) is 19.5 Å². The molecule has 1 N–H and O–H groups in total. The molecule has 0 saturated heterocycles. The highest BCUT2D eigenvalue weighted by Crippen LogP contribution is 2.33. The lowest BCUT2D eigenvalue weighted by Crippen LogP contribution is -2.28. The summed E-state index contributed by atoms with van der Waals surface area (Å²) < 4.78 is 51.1. The predicted molar refractivity (Wildman–Crippen MR) is 126 cm³/mol. The molecule has 178 valence electrons. The molecule has 0 amide bonds. The van der Waals surface area contributed by atoms with Gasteiger partial charge in [0.2, 0.25) is 0 Å². The summed E-state index contributed by atoms with van der Waals surface area (Å²) in [5, 5.41) is 0. The molecule has 0 unspecified atom stereocenters. The number of ether oxygens (including phenoxy) is 2. The van der Waals surface area contributed by atoms with Crippen LogP contribution in [0.5, 0.6) is 11.5 Å². The predicted octanol–water partition coefficient (Wildman–Crippen LogP) is 2.97. The number of fused-ring (bicyclic) bond motifs is 1. The highest BCUT2D eigenvalue weighted by molar-refractivity contribution is 7.90. The number of H-pyrrole nitrogens is 1. The molecule has 3 heterocycles. The zero-order chi connectivity index (χ0) is 24.5. The fraction of sp³-hybridized carbons (Fsp3) is 0.261. The van der Waals surface area contributed by atoms with Crippen molar-refractivity contribution >= 4 is 21.0 Å². The summed E-state index contributed by atoms with van der Waals surface area (Å²) >= 11 is 0. The van der Waals surface area contributed by atoms with Gasteiger partial charge >= 0.3 is 5.69 Å². The highest BCUT2D eigenvalue weighted by atomic mass is 32.2. The molecule has 0 aliphatic carbocycles. The van der Waals surface area contributed by atoms with Crippen LogP contribution >= 0.6 is 0 Å². The number of aromatic amines is 1. The van der Waals surface area contributed by atoms with E-state index in [1.165, 1.54) is 36.2 Å². The van der Waals surface area contributed by atoms with E-state index in [1.807, 2.05) is 6.92 Å². The molecule has 0 spiro atoms. The van der Waals surface area contributed by atoms with Gasteiger partial charge in [0.05, 0.1) is 31.0 Å². The molecule has 4 rings (SSSR count). The van der Waals surface area contributed by atoms with Crippen LogP contribution in [0.25, 0.3) is 22.4 Å². The van der Waals surface area contributed by atoms with Crippen molar-refractivity contribution in [2.45, 2.75) is 13.0 Å². The molecular formula is C23H23FN4O5S.